The molecule has 0 aromatic rings. The highest BCUT2D eigenvalue weighted by molar-refractivity contribution is 5.81. The average molecular weight is 185 g/mol. The number of esters is 1. The first-order valence-corrected chi connectivity index (χ1v) is 4.75. The van der Waals surface area contributed by atoms with E-state index >= 15 is 0 Å². The van der Waals surface area contributed by atoms with Crippen LogP contribution in [-0.2, 0) is 9.53 Å². The smallest absolute Gasteiger partial charge is 0.330 e. The molecule has 13 heavy (non-hydrogen) atoms. The second kappa shape index (κ2) is 9.26. The summed E-state index contributed by atoms with van der Waals surface area (Å²) in [6.07, 6.45) is 6.31. The summed E-state index contributed by atoms with van der Waals surface area (Å²) >= 11 is 0. The van der Waals surface area contributed by atoms with E-state index < -0.39 is 0 Å². The minimum absolute atomic E-state index is 0.240. The number of carbonyl (C=O) groups is 1. The number of carbonyl (C=O) groups excluding carboxylic acids is 1. The zero-order valence-electron chi connectivity index (χ0n) is 8.51. The summed E-state index contributed by atoms with van der Waals surface area (Å²) in [6, 6.07) is 0. The molecule has 0 unspecified atom stereocenters. The van der Waals surface area contributed by atoms with Gasteiger partial charge in [0.05, 0.1) is 6.61 Å². The van der Waals surface area contributed by atoms with E-state index in [4.69, 9.17) is 4.74 Å². The summed E-state index contributed by atoms with van der Waals surface area (Å²) in [7, 11) is 1.94. The molecule has 0 atom stereocenters. The number of ether oxygens (including phenoxy) is 1. The third kappa shape index (κ3) is 9.08. The van der Waals surface area contributed by atoms with E-state index in [0.717, 1.165) is 25.8 Å². The highest BCUT2D eigenvalue weighted by Gasteiger charge is 1.94. The summed E-state index contributed by atoms with van der Waals surface area (Å²) in [6.45, 7) is 3.36. The lowest BCUT2D eigenvalue weighted by Crippen LogP contribution is -2.08. The van der Waals surface area contributed by atoms with Gasteiger partial charge >= 0.3 is 5.97 Å². The fourth-order valence-corrected chi connectivity index (χ4v) is 0.938. The van der Waals surface area contributed by atoms with Crippen molar-refractivity contribution < 1.29 is 9.53 Å². The molecule has 0 amide bonds. The third-order valence-electron chi connectivity index (χ3n) is 1.62. The zero-order valence-corrected chi connectivity index (χ0v) is 8.51. The summed E-state index contributed by atoms with van der Waals surface area (Å²) in [5.41, 5.74) is 0. The van der Waals surface area contributed by atoms with E-state index in [0.29, 0.717) is 6.61 Å². The van der Waals surface area contributed by atoms with Crippen LogP contribution in [0.1, 0.15) is 26.2 Å². The van der Waals surface area contributed by atoms with Crippen LogP contribution >= 0.6 is 0 Å². The highest BCUT2D eigenvalue weighted by Crippen LogP contribution is 1.95. The maximum atomic E-state index is 10.8. The molecule has 0 aromatic heterocycles. The van der Waals surface area contributed by atoms with Crippen molar-refractivity contribution in [2.45, 2.75) is 26.2 Å². The van der Waals surface area contributed by atoms with Crippen LogP contribution in [0, 0.1) is 0 Å². The Kier molecular flexibility index (Phi) is 8.67. The Labute approximate surface area is 80.2 Å². The van der Waals surface area contributed by atoms with Gasteiger partial charge in [-0.2, -0.15) is 0 Å². The van der Waals surface area contributed by atoms with E-state index in [9.17, 15) is 4.79 Å². The fourth-order valence-electron chi connectivity index (χ4n) is 0.938. The van der Waals surface area contributed by atoms with Crippen molar-refractivity contribution >= 4 is 5.97 Å². The van der Waals surface area contributed by atoms with Gasteiger partial charge in [-0.15, -0.1) is 0 Å². The number of hydrogen-bond donors (Lipinski definition) is 1. The Bertz CT molecular complexity index is 155. The minimum Gasteiger partial charge on any atom is -0.463 e. The van der Waals surface area contributed by atoms with E-state index in [1.807, 2.05) is 7.05 Å². The van der Waals surface area contributed by atoms with Crippen molar-refractivity contribution in [1.29, 1.82) is 0 Å². The largest absolute Gasteiger partial charge is 0.463 e. The Morgan fingerprint density at radius 1 is 1.38 bits per heavy atom. The maximum Gasteiger partial charge on any atom is 0.330 e. The summed E-state index contributed by atoms with van der Waals surface area (Å²) in [5.74, 6) is -0.240. The molecular formula is C10H19NO2. The maximum absolute atomic E-state index is 10.8. The summed E-state index contributed by atoms with van der Waals surface area (Å²) in [5, 5.41) is 3.07. The minimum atomic E-state index is -0.240. The van der Waals surface area contributed by atoms with Crippen molar-refractivity contribution in [1.82, 2.24) is 5.32 Å². The molecule has 0 aliphatic heterocycles. The van der Waals surface area contributed by atoms with E-state index in [1.165, 1.54) is 6.08 Å². The van der Waals surface area contributed by atoms with Crippen molar-refractivity contribution in [3.63, 3.8) is 0 Å². The first kappa shape index (κ1) is 12.2. The van der Waals surface area contributed by atoms with Gasteiger partial charge in [-0.3, -0.25) is 0 Å². The number of nitrogens with one attached hydrogen (secondary N) is 1. The number of hydrogen-bond acceptors (Lipinski definition) is 3. The van der Waals surface area contributed by atoms with Crippen LogP contribution in [0.2, 0.25) is 0 Å². The molecule has 0 saturated carbocycles. The topological polar surface area (TPSA) is 38.3 Å². The normalized spacial score (nSPS) is 10.6. The van der Waals surface area contributed by atoms with E-state index in [2.05, 4.69) is 5.32 Å². The molecule has 0 spiro atoms. The van der Waals surface area contributed by atoms with Crippen molar-refractivity contribution in [2.75, 3.05) is 20.2 Å². The molecule has 3 nitrogen and oxygen atoms in total. The van der Waals surface area contributed by atoms with Crippen LogP contribution < -0.4 is 5.32 Å². The molecule has 0 aromatic carbocycles. The van der Waals surface area contributed by atoms with Crippen LogP contribution in [0.25, 0.3) is 0 Å². The molecule has 0 heterocycles. The number of allylic oxidation sites excluding steroid dienone is 1. The Morgan fingerprint density at radius 2 is 2.15 bits per heavy atom. The van der Waals surface area contributed by atoms with Gasteiger partial charge in [0.15, 0.2) is 0 Å². The lowest BCUT2D eigenvalue weighted by molar-refractivity contribution is -0.137. The van der Waals surface area contributed by atoms with Gasteiger partial charge < -0.3 is 10.1 Å². The molecule has 0 bridgehead atoms. The van der Waals surface area contributed by atoms with Gasteiger partial charge in [0.25, 0.3) is 0 Å². The van der Waals surface area contributed by atoms with Crippen LogP contribution in [0.15, 0.2) is 12.2 Å². The molecule has 0 rings (SSSR count). The molecule has 0 aliphatic carbocycles. The van der Waals surface area contributed by atoms with Crippen LogP contribution in [0.5, 0.6) is 0 Å². The molecule has 3 heteroatoms. The molecule has 1 N–H and O–H groups in total. The molecule has 76 valence electrons. The first-order chi connectivity index (χ1) is 6.31. The molecular weight excluding hydrogens is 166 g/mol. The van der Waals surface area contributed by atoms with E-state index in [-0.39, 0.29) is 5.97 Å². The molecule has 0 aliphatic rings. The lowest BCUT2D eigenvalue weighted by Gasteiger charge is -2.01. The molecule has 0 saturated heterocycles. The summed E-state index contributed by atoms with van der Waals surface area (Å²) in [4.78, 5) is 10.8. The Balaban J connectivity index is 3.11. The van der Waals surface area contributed by atoms with Crippen molar-refractivity contribution in [3.8, 4) is 0 Å². The van der Waals surface area contributed by atoms with Gasteiger partial charge in [-0.1, -0.05) is 6.08 Å². The Hall–Kier alpha value is -0.830. The monoisotopic (exact) mass is 185 g/mol. The van der Waals surface area contributed by atoms with Crippen LogP contribution in [-0.4, -0.2) is 26.2 Å². The van der Waals surface area contributed by atoms with Crippen molar-refractivity contribution in [2.24, 2.45) is 0 Å². The predicted molar refractivity (Wildman–Crippen MR) is 53.6 cm³/mol. The quantitative estimate of drug-likeness (QED) is 0.371. The second-order valence-electron chi connectivity index (χ2n) is 2.83. The average Bonchev–Trinajstić information content (AvgIpc) is 2.11. The highest BCUT2D eigenvalue weighted by atomic mass is 16.5. The van der Waals surface area contributed by atoms with Crippen LogP contribution in [0.3, 0.4) is 0 Å². The van der Waals surface area contributed by atoms with Gasteiger partial charge in [0, 0.05) is 6.08 Å². The SMILES string of the molecule is C/C=C/C(=O)OCCCCCNC. The zero-order chi connectivity index (χ0) is 9.94. The second-order valence-corrected chi connectivity index (χ2v) is 2.83. The van der Waals surface area contributed by atoms with Gasteiger partial charge in [-0.05, 0) is 39.8 Å². The van der Waals surface area contributed by atoms with Gasteiger partial charge in [0.1, 0.15) is 0 Å². The molecule has 0 radical (unpaired) electrons. The summed E-state index contributed by atoms with van der Waals surface area (Å²) < 4.78 is 4.92. The van der Waals surface area contributed by atoms with Crippen LogP contribution in [0.4, 0.5) is 0 Å². The number of unbranched alkanes of at least 4 members (excludes halogenated alkanes) is 2. The Morgan fingerprint density at radius 3 is 2.77 bits per heavy atom. The van der Waals surface area contributed by atoms with Gasteiger partial charge in [0.2, 0.25) is 0 Å². The number of rotatable bonds is 7. The van der Waals surface area contributed by atoms with E-state index in [1.54, 1.807) is 13.0 Å². The molecule has 0 fully saturated rings. The third-order valence-corrected chi connectivity index (χ3v) is 1.62. The fraction of sp³-hybridized carbons (Fsp3) is 0.700. The van der Waals surface area contributed by atoms with Gasteiger partial charge in [-0.25, -0.2) is 4.79 Å². The predicted octanol–water partition coefficient (Wildman–Crippen LogP) is 1.50. The lowest BCUT2D eigenvalue weighted by atomic mass is 10.2. The standard InChI is InChI=1S/C10H19NO2/c1-3-7-10(12)13-9-6-4-5-8-11-2/h3,7,11H,4-6,8-9H2,1-2H3/b7-3+. The van der Waals surface area contributed by atoms with Crippen molar-refractivity contribution in [3.05, 3.63) is 12.2 Å². The first-order valence-electron chi connectivity index (χ1n) is 4.75.